The summed E-state index contributed by atoms with van der Waals surface area (Å²) in [5, 5.41) is 4.25. The first kappa shape index (κ1) is 10.6. The molecule has 2 aromatic heterocycles. The average Bonchev–Trinajstić information content (AvgIpc) is 2.60. The van der Waals surface area contributed by atoms with E-state index in [9.17, 15) is 0 Å². The predicted molar refractivity (Wildman–Crippen MR) is 62.6 cm³/mol. The van der Waals surface area contributed by atoms with Crippen LogP contribution < -0.4 is 5.73 Å². The van der Waals surface area contributed by atoms with Crippen molar-refractivity contribution < 1.29 is 0 Å². The van der Waals surface area contributed by atoms with Crippen LogP contribution in [0.15, 0.2) is 23.1 Å². The molecule has 5 heteroatoms. The van der Waals surface area contributed by atoms with Gasteiger partial charge in [-0.05, 0) is 34.8 Å². The molecule has 1 atom stereocenters. The van der Waals surface area contributed by atoms with Gasteiger partial charge in [-0.1, -0.05) is 6.92 Å². The highest BCUT2D eigenvalue weighted by molar-refractivity contribution is 9.10. The van der Waals surface area contributed by atoms with Gasteiger partial charge in [0.2, 0.25) is 0 Å². The average molecular weight is 269 g/mol. The lowest BCUT2D eigenvalue weighted by atomic mass is 10.0. The highest BCUT2D eigenvalue weighted by atomic mass is 79.9. The molecule has 0 fully saturated rings. The third kappa shape index (κ3) is 2.18. The maximum atomic E-state index is 5.60. The van der Waals surface area contributed by atoms with Crippen molar-refractivity contribution >= 4 is 21.6 Å². The molecule has 0 aliphatic rings. The van der Waals surface area contributed by atoms with E-state index in [-0.39, 0.29) is 0 Å². The maximum Gasteiger partial charge on any atom is 0.158 e. The Morgan fingerprint density at radius 1 is 1.53 bits per heavy atom. The van der Waals surface area contributed by atoms with Crippen molar-refractivity contribution in [1.29, 1.82) is 0 Å². The van der Waals surface area contributed by atoms with Crippen molar-refractivity contribution in [2.45, 2.75) is 13.3 Å². The molecule has 0 bridgehead atoms. The molecule has 2 aromatic rings. The van der Waals surface area contributed by atoms with E-state index in [4.69, 9.17) is 5.73 Å². The van der Waals surface area contributed by atoms with Gasteiger partial charge in [-0.15, -0.1) is 0 Å². The molecule has 80 valence electrons. The monoisotopic (exact) mass is 268 g/mol. The maximum absolute atomic E-state index is 5.60. The van der Waals surface area contributed by atoms with Crippen molar-refractivity contribution in [2.75, 3.05) is 6.54 Å². The molecule has 0 amide bonds. The van der Waals surface area contributed by atoms with Gasteiger partial charge >= 0.3 is 0 Å². The molecule has 0 aliphatic carbocycles. The largest absolute Gasteiger partial charge is 0.330 e. The van der Waals surface area contributed by atoms with Crippen LogP contribution in [0, 0.1) is 5.92 Å². The van der Waals surface area contributed by atoms with Crippen molar-refractivity contribution in [2.24, 2.45) is 11.7 Å². The summed E-state index contributed by atoms with van der Waals surface area (Å²) in [6.45, 7) is 2.82. The van der Waals surface area contributed by atoms with Gasteiger partial charge in [-0.3, -0.25) is 0 Å². The summed E-state index contributed by atoms with van der Waals surface area (Å²) in [7, 11) is 0. The van der Waals surface area contributed by atoms with Crippen LogP contribution in [0.4, 0.5) is 0 Å². The fourth-order valence-corrected chi connectivity index (χ4v) is 1.80. The number of nitrogens with zero attached hydrogens (tertiary/aromatic N) is 3. The molecule has 15 heavy (non-hydrogen) atoms. The Labute approximate surface area is 96.6 Å². The number of hydrogen-bond donors (Lipinski definition) is 1. The molecule has 0 saturated carbocycles. The summed E-state index contributed by atoms with van der Waals surface area (Å²) in [6.07, 6.45) is 6.47. The van der Waals surface area contributed by atoms with Gasteiger partial charge in [0, 0.05) is 18.0 Å². The smallest absolute Gasteiger partial charge is 0.158 e. The van der Waals surface area contributed by atoms with E-state index < -0.39 is 0 Å². The first-order valence-electron chi connectivity index (χ1n) is 4.88. The minimum atomic E-state index is 0.462. The normalized spacial score (nSPS) is 13.3. The Morgan fingerprint density at radius 2 is 2.33 bits per heavy atom. The Balaban J connectivity index is 2.36. The minimum Gasteiger partial charge on any atom is -0.330 e. The van der Waals surface area contributed by atoms with E-state index in [0.717, 1.165) is 22.1 Å². The van der Waals surface area contributed by atoms with E-state index >= 15 is 0 Å². The number of nitrogens with two attached hydrogens (primary N) is 1. The molecule has 4 nitrogen and oxygen atoms in total. The number of aromatic nitrogens is 3. The predicted octanol–water partition coefficient (Wildman–Crippen LogP) is 1.63. The van der Waals surface area contributed by atoms with Gasteiger partial charge in [-0.2, -0.15) is 5.10 Å². The zero-order valence-electron chi connectivity index (χ0n) is 8.52. The van der Waals surface area contributed by atoms with Crippen LogP contribution >= 0.6 is 15.9 Å². The first-order valence-corrected chi connectivity index (χ1v) is 5.68. The van der Waals surface area contributed by atoms with E-state index in [1.807, 2.05) is 12.4 Å². The summed E-state index contributed by atoms with van der Waals surface area (Å²) < 4.78 is 2.71. The summed E-state index contributed by atoms with van der Waals surface area (Å²) in [4.78, 5) is 4.34. The number of fused-ring (bicyclic) bond motifs is 1. The SMILES string of the molecule is CC(CN)Cc1cnn2cc(Br)cnc12. The second-order valence-corrected chi connectivity index (χ2v) is 4.67. The van der Waals surface area contributed by atoms with Crippen LogP contribution in [-0.2, 0) is 6.42 Å². The highest BCUT2D eigenvalue weighted by Gasteiger charge is 2.08. The van der Waals surface area contributed by atoms with Crippen molar-refractivity contribution in [3.05, 3.63) is 28.6 Å². The second kappa shape index (κ2) is 4.28. The number of hydrogen-bond acceptors (Lipinski definition) is 3. The lowest BCUT2D eigenvalue weighted by Crippen LogP contribution is -2.13. The van der Waals surface area contributed by atoms with Gasteiger partial charge in [0.15, 0.2) is 5.65 Å². The molecule has 2 heterocycles. The summed E-state index contributed by atoms with van der Waals surface area (Å²) in [6, 6.07) is 0. The third-order valence-electron chi connectivity index (χ3n) is 2.37. The van der Waals surface area contributed by atoms with Crippen LogP contribution in [0.25, 0.3) is 5.65 Å². The molecular formula is C10H13BrN4. The van der Waals surface area contributed by atoms with Gasteiger partial charge in [0.25, 0.3) is 0 Å². The number of rotatable bonds is 3. The molecule has 2 rings (SSSR count). The van der Waals surface area contributed by atoms with Crippen LogP contribution in [0.5, 0.6) is 0 Å². The van der Waals surface area contributed by atoms with Crippen molar-refractivity contribution in [1.82, 2.24) is 14.6 Å². The van der Waals surface area contributed by atoms with Crippen molar-refractivity contribution in [3.63, 3.8) is 0 Å². The van der Waals surface area contributed by atoms with Gasteiger partial charge in [0.05, 0.1) is 10.7 Å². The van der Waals surface area contributed by atoms with Gasteiger partial charge in [-0.25, -0.2) is 9.50 Å². The molecular weight excluding hydrogens is 256 g/mol. The van der Waals surface area contributed by atoms with Gasteiger partial charge < -0.3 is 5.73 Å². The Kier molecular flexibility index (Phi) is 3.02. The molecule has 2 N–H and O–H groups in total. The Morgan fingerprint density at radius 3 is 3.07 bits per heavy atom. The third-order valence-corrected chi connectivity index (χ3v) is 2.78. The second-order valence-electron chi connectivity index (χ2n) is 3.76. The highest BCUT2D eigenvalue weighted by Crippen LogP contribution is 2.15. The standard InChI is InChI=1S/C10H13BrN4/c1-7(3-12)2-8-4-14-15-6-9(11)5-13-10(8)15/h4-7H,2-3,12H2,1H3. The fraction of sp³-hybridized carbons (Fsp3) is 0.400. The molecule has 0 spiro atoms. The lowest BCUT2D eigenvalue weighted by molar-refractivity contribution is 0.594. The molecule has 0 aromatic carbocycles. The molecule has 0 aliphatic heterocycles. The number of halogens is 1. The topological polar surface area (TPSA) is 56.2 Å². The van der Waals surface area contributed by atoms with E-state index in [1.54, 1.807) is 10.7 Å². The Bertz CT molecular complexity index is 465. The zero-order chi connectivity index (χ0) is 10.8. The molecule has 0 saturated heterocycles. The lowest BCUT2D eigenvalue weighted by Gasteiger charge is -2.05. The van der Waals surface area contributed by atoms with E-state index in [2.05, 4.69) is 32.9 Å². The Hall–Kier alpha value is -0.940. The van der Waals surface area contributed by atoms with Crippen LogP contribution in [0.1, 0.15) is 12.5 Å². The van der Waals surface area contributed by atoms with Gasteiger partial charge in [0.1, 0.15) is 0 Å². The summed E-state index contributed by atoms with van der Waals surface area (Å²) in [5.41, 5.74) is 7.67. The molecule has 1 unspecified atom stereocenters. The summed E-state index contributed by atoms with van der Waals surface area (Å²) >= 11 is 3.36. The van der Waals surface area contributed by atoms with E-state index in [1.165, 1.54) is 0 Å². The summed E-state index contributed by atoms with van der Waals surface area (Å²) in [5.74, 6) is 0.462. The van der Waals surface area contributed by atoms with Crippen LogP contribution in [0.2, 0.25) is 0 Å². The zero-order valence-corrected chi connectivity index (χ0v) is 10.1. The van der Waals surface area contributed by atoms with Crippen molar-refractivity contribution in [3.8, 4) is 0 Å². The molecule has 0 radical (unpaired) electrons. The van der Waals surface area contributed by atoms with Crippen LogP contribution in [0.3, 0.4) is 0 Å². The first-order chi connectivity index (χ1) is 7.20. The fourth-order valence-electron chi connectivity index (χ4n) is 1.50. The van der Waals surface area contributed by atoms with E-state index in [0.29, 0.717) is 12.5 Å². The quantitative estimate of drug-likeness (QED) is 0.921. The minimum absolute atomic E-state index is 0.462. The van der Waals surface area contributed by atoms with Crippen LogP contribution in [-0.4, -0.2) is 21.1 Å².